The van der Waals surface area contributed by atoms with E-state index in [0.717, 1.165) is 11.1 Å². The smallest absolute Gasteiger partial charge is 0.254 e. The fourth-order valence-electron chi connectivity index (χ4n) is 3.54. The molecular formula is C22H25N3O3. The lowest BCUT2D eigenvalue weighted by Crippen LogP contribution is -2.49. The van der Waals surface area contributed by atoms with E-state index in [0.29, 0.717) is 43.2 Å². The molecule has 0 N–H and O–H groups in total. The van der Waals surface area contributed by atoms with Gasteiger partial charge < -0.3 is 14.4 Å². The molecule has 0 aromatic heterocycles. The maximum Gasteiger partial charge on any atom is 0.254 e. The van der Waals surface area contributed by atoms with Crippen molar-refractivity contribution in [1.82, 2.24) is 9.80 Å². The van der Waals surface area contributed by atoms with Crippen molar-refractivity contribution in [3.8, 4) is 17.6 Å². The molecule has 1 unspecified atom stereocenters. The Hall–Kier alpha value is -3.04. The summed E-state index contributed by atoms with van der Waals surface area (Å²) in [5, 5.41) is 9.72. The lowest BCUT2D eigenvalue weighted by molar-refractivity contribution is 0.0605. The number of piperazine rings is 1. The van der Waals surface area contributed by atoms with E-state index < -0.39 is 0 Å². The minimum absolute atomic E-state index is 0.0544. The summed E-state index contributed by atoms with van der Waals surface area (Å²) in [6.07, 6.45) is 0. The molecule has 1 aliphatic heterocycles. The zero-order valence-electron chi connectivity index (χ0n) is 16.5. The second-order valence-corrected chi connectivity index (χ2v) is 6.82. The zero-order chi connectivity index (χ0) is 20.1. The fourth-order valence-corrected chi connectivity index (χ4v) is 3.54. The molecule has 0 radical (unpaired) electrons. The molecule has 0 bridgehead atoms. The van der Waals surface area contributed by atoms with Crippen molar-refractivity contribution in [3.63, 3.8) is 0 Å². The van der Waals surface area contributed by atoms with Crippen molar-refractivity contribution >= 4 is 5.91 Å². The molecule has 3 rings (SSSR count). The number of carbonyl (C=O) groups excluding carboxylic acids is 1. The van der Waals surface area contributed by atoms with Crippen molar-refractivity contribution in [2.45, 2.75) is 13.0 Å². The van der Waals surface area contributed by atoms with Crippen molar-refractivity contribution in [2.75, 3.05) is 40.4 Å². The summed E-state index contributed by atoms with van der Waals surface area (Å²) in [5.74, 6) is 1.12. The molecule has 1 heterocycles. The topological polar surface area (TPSA) is 65.8 Å². The summed E-state index contributed by atoms with van der Waals surface area (Å²) in [7, 11) is 3.13. The fraction of sp³-hybridized carbons (Fsp3) is 0.364. The number of methoxy groups -OCH3 is 2. The number of rotatable bonds is 5. The van der Waals surface area contributed by atoms with E-state index in [1.807, 2.05) is 36.1 Å². The van der Waals surface area contributed by atoms with Crippen LogP contribution in [0.3, 0.4) is 0 Å². The van der Waals surface area contributed by atoms with Gasteiger partial charge in [0.25, 0.3) is 5.91 Å². The van der Waals surface area contributed by atoms with Gasteiger partial charge in [0.1, 0.15) is 17.5 Å². The first-order valence-corrected chi connectivity index (χ1v) is 9.29. The summed E-state index contributed by atoms with van der Waals surface area (Å²) >= 11 is 0. The molecule has 0 aliphatic carbocycles. The van der Waals surface area contributed by atoms with Crippen molar-refractivity contribution in [2.24, 2.45) is 0 Å². The first kappa shape index (κ1) is 19.7. The summed E-state index contributed by atoms with van der Waals surface area (Å²) in [6.45, 7) is 4.47. The van der Waals surface area contributed by atoms with Gasteiger partial charge in [0.15, 0.2) is 0 Å². The third-order valence-electron chi connectivity index (χ3n) is 5.17. The van der Waals surface area contributed by atoms with Gasteiger partial charge in [0, 0.05) is 37.8 Å². The van der Waals surface area contributed by atoms with E-state index >= 15 is 0 Å². The number of benzene rings is 2. The third kappa shape index (κ3) is 4.10. The van der Waals surface area contributed by atoms with Crippen molar-refractivity contribution in [1.29, 1.82) is 5.26 Å². The second kappa shape index (κ2) is 8.77. The number of nitrogens with zero attached hydrogens (tertiary/aromatic N) is 3. The van der Waals surface area contributed by atoms with Gasteiger partial charge in [0.05, 0.1) is 20.3 Å². The normalized spacial score (nSPS) is 15.6. The highest BCUT2D eigenvalue weighted by atomic mass is 16.5. The Morgan fingerprint density at radius 1 is 1.04 bits per heavy atom. The van der Waals surface area contributed by atoms with Crippen LogP contribution in [0.25, 0.3) is 0 Å². The molecule has 146 valence electrons. The number of carbonyl (C=O) groups is 1. The Bertz CT molecular complexity index is 861. The van der Waals surface area contributed by atoms with Crippen LogP contribution in [0.4, 0.5) is 0 Å². The lowest BCUT2D eigenvalue weighted by Gasteiger charge is -2.37. The van der Waals surface area contributed by atoms with E-state index in [1.165, 1.54) is 0 Å². The first-order valence-electron chi connectivity index (χ1n) is 9.29. The highest BCUT2D eigenvalue weighted by Gasteiger charge is 2.28. The van der Waals surface area contributed by atoms with Crippen LogP contribution >= 0.6 is 0 Å². The van der Waals surface area contributed by atoms with Gasteiger partial charge in [-0.2, -0.15) is 5.26 Å². The standard InChI is InChI=1S/C22H25N3O3/c1-16-6-4-5-7-20(16)21(15-23)24-8-10-25(11-9-24)22(26)17-12-18(27-2)14-19(13-17)28-3/h4-7,12-14,21H,8-11H2,1-3H3. The number of ether oxygens (including phenoxy) is 2. The third-order valence-corrected chi connectivity index (χ3v) is 5.17. The predicted octanol–water partition coefficient (Wildman–Crippen LogP) is 3.03. The average Bonchev–Trinajstić information content (AvgIpc) is 2.75. The van der Waals surface area contributed by atoms with Crippen LogP contribution in [0.5, 0.6) is 11.5 Å². The monoisotopic (exact) mass is 379 g/mol. The molecule has 1 amide bonds. The Morgan fingerprint density at radius 3 is 2.18 bits per heavy atom. The van der Waals surface area contributed by atoms with E-state index in [4.69, 9.17) is 9.47 Å². The van der Waals surface area contributed by atoms with Gasteiger partial charge in [-0.05, 0) is 30.2 Å². The number of nitriles is 1. The van der Waals surface area contributed by atoms with Crippen LogP contribution < -0.4 is 9.47 Å². The Morgan fingerprint density at radius 2 is 1.64 bits per heavy atom. The Labute approximate surface area is 165 Å². The Kier molecular flexibility index (Phi) is 6.17. The highest BCUT2D eigenvalue weighted by molar-refractivity contribution is 5.95. The molecule has 1 saturated heterocycles. The average molecular weight is 379 g/mol. The van der Waals surface area contributed by atoms with Gasteiger partial charge in [-0.1, -0.05) is 24.3 Å². The molecule has 0 saturated carbocycles. The molecule has 2 aromatic rings. The van der Waals surface area contributed by atoms with Crippen LogP contribution in [-0.4, -0.2) is 56.1 Å². The number of hydrogen-bond donors (Lipinski definition) is 0. The van der Waals surface area contributed by atoms with Crippen LogP contribution in [0, 0.1) is 18.3 Å². The van der Waals surface area contributed by atoms with Crippen LogP contribution in [0.2, 0.25) is 0 Å². The van der Waals surface area contributed by atoms with E-state index in [9.17, 15) is 10.1 Å². The summed E-state index contributed by atoms with van der Waals surface area (Å²) in [4.78, 5) is 16.9. The highest BCUT2D eigenvalue weighted by Crippen LogP contribution is 2.26. The van der Waals surface area contributed by atoms with Gasteiger partial charge in [0.2, 0.25) is 0 Å². The van der Waals surface area contributed by atoms with Crippen molar-refractivity contribution < 1.29 is 14.3 Å². The number of aryl methyl sites for hydroxylation is 1. The molecule has 1 atom stereocenters. The van der Waals surface area contributed by atoms with Gasteiger partial charge in [-0.15, -0.1) is 0 Å². The van der Waals surface area contributed by atoms with Crippen LogP contribution in [0.15, 0.2) is 42.5 Å². The molecule has 28 heavy (non-hydrogen) atoms. The molecular weight excluding hydrogens is 354 g/mol. The summed E-state index contributed by atoms with van der Waals surface area (Å²) in [5.41, 5.74) is 2.68. The quantitative estimate of drug-likeness (QED) is 0.799. The van der Waals surface area contributed by atoms with Gasteiger partial charge >= 0.3 is 0 Å². The summed E-state index contributed by atoms with van der Waals surface area (Å²) < 4.78 is 10.5. The van der Waals surface area contributed by atoms with E-state index in [1.54, 1.807) is 32.4 Å². The lowest BCUT2D eigenvalue weighted by atomic mass is 10.0. The molecule has 2 aromatic carbocycles. The number of hydrogen-bond acceptors (Lipinski definition) is 5. The Balaban J connectivity index is 1.71. The minimum Gasteiger partial charge on any atom is -0.497 e. The van der Waals surface area contributed by atoms with Crippen molar-refractivity contribution in [3.05, 3.63) is 59.2 Å². The zero-order valence-corrected chi connectivity index (χ0v) is 16.5. The maximum atomic E-state index is 12.9. The van der Waals surface area contributed by atoms with Crippen LogP contribution in [-0.2, 0) is 0 Å². The van der Waals surface area contributed by atoms with Gasteiger partial charge in [-0.3, -0.25) is 9.69 Å². The van der Waals surface area contributed by atoms with Crippen LogP contribution in [0.1, 0.15) is 27.5 Å². The first-order chi connectivity index (χ1) is 13.6. The van der Waals surface area contributed by atoms with E-state index in [-0.39, 0.29) is 11.9 Å². The SMILES string of the molecule is COc1cc(OC)cc(C(=O)N2CCN(C(C#N)c3ccccc3C)CC2)c1. The number of amides is 1. The molecule has 6 nitrogen and oxygen atoms in total. The predicted molar refractivity (Wildman–Crippen MR) is 107 cm³/mol. The molecule has 0 spiro atoms. The summed E-state index contributed by atoms with van der Waals surface area (Å²) in [6, 6.07) is 15.3. The minimum atomic E-state index is -0.296. The van der Waals surface area contributed by atoms with Gasteiger partial charge in [-0.25, -0.2) is 0 Å². The maximum absolute atomic E-state index is 12.9. The largest absolute Gasteiger partial charge is 0.497 e. The molecule has 1 aliphatic rings. The molecule has 1 fully saturated rings. The second-order valence-electron chi connectivity index (χ2n) is 6.82. The van der Waals surface area contributed by atoms with E-state index in [2.05, 4.69) is 11.0 Å². The molecule has 6 heteroatoms.